The van der Waals surface area contributed by atoms with Crippen LogP contribution in [0.25, 0.3) is 0 Å². The fraction of sp³-hybridized carbons (Fsp3) is 0.0769. The van der Waals surface area contributed by atoms with Crippen molar-refractivity contribution in [3.05, 3.63) is 53.2 Å². The first-order valence-electron chi connectivity index (χ1n) is 5.71. The minimum absolute atomic E-state index is 0.166. The van der Waals surface area contributed by atoms with Gasteiger partial charge in [0.15, 0.2) is 0 Å². The molecule has 104 valence electrons. The van der Waals surface area contributed by atoms with Gasteiger partial charge in [0.25, 0.3) is 5.91 Å². The summed E-state index contributed by atoms with van der Waals surface area (Å²) < 4.78 is 27.0. The Hall–Kier alpha value is -2.54. The minimum Gasteiger partial charge on any atom is -0.319 e. The number of nitrogens with two attached hydrogens (primary N) is 1. The molecule has 5 nitrogen and oxygen atoms in total. The molecule has 0 unspecified atom stereocenters. The second-order valence-corrected chi connectivity index (χ2v) is 4.11. The van der Waals surface area contributed by atoms with Crippen molar-refractivity contribution < 1.29 is 13.6 Å². The molecule has 20 heavy (non-hydrogen) atoms. The van der Waals surface area contributed by atoms with Crippen molar-refractivity contribution >= 4 is 17.4 Å². The highest BCUT2D eigenvalue weighted by Crippen LogP contribution is 2.19. The van der Waals surface area contributed by atoms with Crippen LogP contribution < -0.4 is 16.6 Å². The summed E-state index contributed by atoms with van der Waals surface area (Å²) in [7, 11) is 0. The van der Waals surface area contributed by atoms with E-state index in [9.17, 15) is 13.6 Å². The number of carbonyl (C=O) groups excluding carboxylic acids is 1. The van der Waals surface area contributed by atoms with Gasteiger partial charge in [-0.05, 0) is 30.7 Å². The van der Waals surface area contributed by atoms with Crippen LogP contribution in [0.15, 0.2) is 30.5 Å². The lowest BCUT2D eigenvalue weighted by molar-refractivity contribution is 0.102. The van der Waals surface area contributed by atoms with Gasteiger partial charge >= 0.3 is 0 Å². The third-order valence-corrected chi connectivity index (χ3v) is 2.67. The number of benzene rings is 1. The number of hydrogen-bond acceptors (Lipinski definition) is 4. The molecule has 0 fully saturated rings. The van der Waals surface area contributed by atoms with Crippen LogP contribution in [0.1, 0.15) is 15.9 Å². The lowest BCUT2D eigenvalue weighted by atomic mass is 10.2. The quantitative estimate of drug-likeness (QED) is 0.594. The average Bonchev–Trinajstić information content (AvgIpc) is 2.44. The molecule has 0 aliphatic heterocycles. The van der Waals surface area contributed by atoms with Crippen molar-refractivity contribution in [1.82, 2.24) is 4.98 Å². The molecule has 0 saturated carbocycles. The smallest absolute Gasteiger partial charge is 0.255 e. The second kappa shape index (κ2) is 5.62. The van der Waals surface area contributed by atoms with Crippen LogP contribution in [0.4, 0.5) is 20.3 Å². The molecule has 1 aromatic heterocycles. The fourth-order valence-corrected chi connectivity index (χ4v) is 1.59. The zero-order valence-electron chi connectivity index (χ0n) is 10.6. The number of hydrazine groups is 1. The molecule has 1 aromatic carbocycles. The van der Waals surface area contributed by atoms with Gasteiger partial charge in [-0.3, -0.25) is 4.79 Å². The molecule has 2 rings (SSSR count). The SMILES string of the molecule is Cc1cc(F)c(NC(=O)c2ccnc(NN)c2)cc1F. The second-order valence-electron chi connectivity index (χ2n) is 4.11. The van der Waals surface area contributed by atoms with Crippen LogP contribution >= 0.6 is 0 Å². The van der Waals surface area contributed by atoms with E-state index in [1.165, 1.54) is 25.3 Å². The molecule has 0 radical (unpaired) electrons. The van der Waals surface area contributed by atoms with Crippen LogP contribution in [0.3, 0.4) is 0 Å². The molecule has 4 N–H and O–H groups in total. The van der Waals surface area contributed by atoms with E-state index in [1.54, 1.807) is 0 Å². The van der Waals surface area contributed by atoms with Crippen LogP contribution in [0, 0.1) is 18.6 Å². The van der Waals surface area contributed by atoms with Crippen molar-refractivity contribution in [2.24, 2.45) is 5.84 Å². The summed E-state index contributed by atoms with van der Waals surface area (Å²) in [6, 6.07) is 4.77. The Morgan fingerprint density at radius 3 is 2.70 bits per heavy atom. The van der Waals surface area contributed by atoms with E-state index in [-0.39, 0.29) is 22.6 Å². The van der Waals surface area contributed by atoms with Gasteiger partial charge < -0.3 is 10.7 Å². The van der Waals surface area contributed by atoms with Crippen molar-refractivity contribution in [1.29, 1.82) is 0 Å². The monoisotopic (exact) mass is 278 g/mol. The number of rotatable bonds is 3. The van der Waals surface area contributed by atoms with Crippen LogP contribution in [0.2, 0.25) is 0 Å². The van der Waals surface area contributed by atoms with E-state index >= 15 is 0 Å². The number of halogens is 2. The largest absolute Gasteiger partial charge is 0.319 e. The summed E-state index contributed by atoms with van der Waals surface area (Å²) in [6.07, 6.45) is 1.37. The minimum atomic E-state index is -0.705. The van der Waals surface area contributed by atoms with Crippen LogP contribution in [0.5, 0.6) is 0 Å². The molecule has 0 atom stereocenters. The van der Waals surface area contributed by atoms with Gasteiger partial charge in [-0.1, -0.05) is 0 Å². The van der Waals surface area contributed by atoms with Gasteiger partial charge in [0.2, 0.25) is 0 Å². The van der Waals surface area contributed by atoms with E-state index in [4.69, 9.17) is 5.84 Å². The number of nitrogens with zero attached hydrogens (tertiary/aromatic N) is 1. The van der Waals surface area contributed by atoms with Crippen molar-refractivity contribution in [2.45, 2.75) is 6.92 Å². The highest BCUT2D eigenvalue weighted by Gasteiger charge is 2.12. The zero-order valence-corrected chi connectivity index (χ0v) is 10.6. The molecule has 0 aliphatic rings. The fourth-order valence-electron chi connectivity index (χ4n) is 1.59. The molecular formula is C13H12F2N4O. The Morgan fingerprint density at radius 1 is 1.25 bits per heavy atom. The Bertz CT molecular complexity index is 661. The first-order chi connectivity index (χ1) is 9.51. The highest BCUT2D eigenvalue weighted by atomic mass is 19.1. The number of amides is 1. The van der Waals surface area contributed by atoms with Gasteiger partial charge in [0, 0.05) is 17.8 Å². The van der Waals surface area contributed by atoms with Crippen LogP contribution in [-0.2, 0) is 0 Å². The third kappa shape index (κ3) is 2.89. The number of nitrogen functional groups attached to an aromatic ring is 1. The zero-order chi connectivity index (χ0) is 14.7. The molecular weight excluding hydrogens is 266 g/mol. The van der Waals surface area contributed by atoms with E-state index in [1.807, 2.05) is 0 Å². The van der Waals surface area contributed by atoms with Gasteiger partial charge in [-0.15, -0.1) is 0 Å². The van der Waals surface area contributed by atoms with E-state index in [0.29, 0.717) is 0 Å². The molecule has 0 bridgehead atoms. The van der Waals surface area contributed by atoms with Crippen molar-refractivity contribution in [3.63, 3.8) is 0 Å². The summed E-state index contributed by atoms with van der Waals surface area (Å²) in [5, 5.41) is 2.30. The van der Waals surface area contributed by atoms with E-state index < -0.39 is 17.5 Å². The predicted octanol–water partition coefficient (Wildman–Crippen LogP) is 2.21. The number of anilines is 2. The van der Waals surface area contributed by atoms with Crippen molar-refractivity contribution in [3.8, 4) is 0 Å². The Balaban J connectivity index is 2.25. The molecule has 0 spiro atoms. The first kappa shape index (κ1) is 13.9. The van der Waals surface area contributed by atoms with Gasteiger partial charge in [-0.25, -0.2) is 19.6 Å². The normalized spacial score (nSPS) is 10.2. The van der Waals surface area contributed by atoms with Gasteiger partial charge in [0.05, 0.1) is 5.69 Å². The molecule has 1 amide bonds. The molecule has 0 saturated heterocycles. The maximum atomic E-state index is 13.6. The number of pyridine rings is 1. The average molecular weight is 278 g/mol. The standard InChI is InChI=1S/C13H12F2N4O/c1-7-4-10(15)11(6-9(7)14)18-13(20)8-2-3-17-12(5-8)19-16/h2-6H,16H2,1H3,(H,17,19)(H,18,20). The molecule has 1 heterocycles. The first-order valence-corrected chi connectivity index (χ1v) is 5.71. The van der Waals surface area contributed by atoms with E-state index in [0.717, 1.165) is 12.1 Å². The number of nitrogens with one attached hydrogen (secondary N) is 2. The Labute approximate surface area is 113 Å². The number of aryl methyl sites for hydroxylation is 1. The summed E-state index contributed by atoms with van der Waals surface area (Å²) in [5.74, 6) is 3.57. The highest BCUT2D eigenvalue weighted by molar-refractivity contribution is 6.04. The summed E-state index contributed by atoms with van der Waals surface area (Å²) >= 11 is 0. The lowest BCUT2D eigenvalue weighted by Gasteiger charge is -2.08. The summed E-state index contributed by atoms with van der Waals surface area (Å²) in [4.78, 5) is 15.8. The predicted molar refractivity (Wildman–Crippen MR) is 71.1 cm³/mol. The Kier molecular flexibility index (Phi) is 3.90. The lowest BCUT2D eigenvalue weighted by Crippen LogP contribution is -2.15. The van der Waals surface area contributed by atoms with Crippen molar-refractivity contribution in [2.75, 3.05) is 10.7 Å². The Morgan fingerprint density at radius 2 is 2.00 bits per heavy atom. The third-order valence-electron chi connectivity index (χ3n) is 2.67. The number of aromatic nitrogens is 1. The summed E-state index contributed by atoms with van der Waals surface area (Å²) in [6.45, 7) is 1.44. The van der Waals surface area contributed by atoms with Gasteiger partial charge in [-0.2, -0.15) is 0 Å². The maximum Gasteiger partial charge on any atom is 0.255 e. The van der Waals surface area contributed by atoms with Gasteiger partial charge in [0.1, 0.15) is 17.5 Å². The molecule has 2 aromatic rings. The molecule has 7 heteroatoms. The number of hydrogen-bond donors (Lipinski definition) is 3. The number of carbonyl (C=O) groups is 1. The van der Waals surface area contributed by atoms with Crippen LogP contribution in [-0.4, -0.2) is 10.9 Å². The van der Waals surface area contributed by atoms with E-state index in [2.05, 4.69) is 15.7 Å². The summed E-state index contributed by atoms with van der Waals surface area (Å²) in [5.41, 5.74) is 2.45. The maximum absolute atomic E-state index is 13.6. The topological polar surface area (TPSA) is 80.0 Å². The molecule has 0 aliphatic carbocycles.